The highest BCUT2D eigenvalue weighted by molar-refractivity contribution is 7.92. The third-order valence-corrected chi connectivity index (χ3v) is 4.99. The van der Waals surface area contributed by atoms with Gasteiger partial charge in [0.15, 0.2) is 5.82 Å². The number of benzene rings is 2. The molecular weight excluding hydrogens is 454 g/mol. The Morgan fingerprint density at radius 3 is 2.50 bits per heavy atom. The Morgan fingerprint density at radius 2 is 1.78 bits per heavy atom. The van der Waals surface area contributed by atoms with Crippen molar-refractivity contribution in [1.29, 1.82) is 0 Å². The summed E-state index contributed by atoms with van der Waals surface area (Å²) in [6, 6.07) is 14.2. The zero-order valence-corrected chi connectivity index (χ0v) is 18.6. The van der Waals surface area contributed by atoms with E-state index >= 15 is 0 Å². The SMILES string of the molecule is Cc1nc(-c2cccc(Nc3ncc(Cl)c(Nc4ccccc4NS(C)(=O)=O)n3)c2)no1. The molecule has 4 rings (SSSR count). The summed E-state index contributed by atoms with van der Waals surface area (Å²) in [5.74, 6) is 1.53. The number of aromatic nitrogens is 4. The topological polar surface area (TPSA) is 135 Å². The van der Waals surface area contributed by atoms with Crippen LogP contribution in [-0.4, -0.2) is 34.8 Å². The van der Waals surface area contributed by atoms with Crippen molar-refractivity contribution in [3.8, 4) is 11.4 Å². The maximum absolute atomic E-state index is 11.6. The first-order valence-electron chi connectivity index (χ1n) is 9.31. The Kier molecular flexibility index (Phi) is 5.93. The number of aryl methyl sites for hydroxylation is 1. The third kappa shape index (κ3) is 5.31. The molecule has 0 radical (unpaired) electrons. The van der Waals surface area contributed by atoms with Crippen LogP contribution < -0.4 is 15.4 Å². The van der Waals surface area contributed by atoms with Gasteiger partial charge in [0.05, 0.1) is 23.8 Å². The quantitative estimate of drug-likeness (QED) is 0.359. The minimum atomic E-state index is -3.46. The number of anilines is 5. The second-order valence-electron chi connectivity index (χ2n) is 6.78. The molecule has 0 fully saturated rings. The maximum atomic E-state index is 11.6. The normalized spacial score (nSPS) is 11.2. The first-order chi connectivity index (χ1) is 15.3. The van der Waals surface area contributed by atoms with E-state index in [-0.39, 0.29) is 11.0 Å². The summed E-state index contributed by atoms with van der Waals surface area (Å²) >= 11 is 6.26. The van der Waals surface area contributed by atoms with Crippen molar-refractivity contribution in [2.24, 2.45) is 0 Å². The van der Waals surface area contributed by atoms with E-state index in [0.29, 0.717) is 34.6 Å². The van der Waals surface area contributed by atoms with Crippen molar-refractivity contribution < 1.29 is 12.9 Å². The van der Waals surface area contributed by atoms with Crippen LogP contribution in [0.4, 0.5) is 28.8 Å². The number of sulfonamides is 1. The average molecular weight is 472 g/mol. The van der Waals surface area contributed by atoms with Gasteiger partial charge in [-0.1, -0.05) is 41.0 Å². The largest absolute Gasteiger partial charge is 0.339 e. The summed E-state index contributed by atoms with van der Waals surface area (Å²) in [5.41, 5.74) is 2.32. The fourth-order valence-corrected chi connectivity index (χ4v) is 3.52. The Bertz CT molecular complexity index is 1380. The van der Waals surface area contributed by atoms with Crippen LogP contribution in [0.25, 0.3) is 11.4 Å². The molecule has 0 spiro atoms. The molecule has 10 nitrogen and oxygen atoms in total. The van der Waals surface area contributed by atoms with Gasteiger partial charge in [0, 0.05) is 18.2 Å². The lowest BCUT2D eigenvalue weighted by Gasteiger charge is -2.14. The standard InChI is InChI=1S/C20H18ClN7O3S/c1-12-23-18(27-31-12)13-6-5-7-14(10-13)24-20-22-11-15(21)19(26-20)25-16-8-3-4-9-17(16)28-32(2,29)30/h3-11,28H,1-2H3,(H2,22,24,25,26). The first kappa shape index (κ1) is 21.5. The van der Waals surface area contributed by atoms with Crippen LogP contribution in [0, 0.1) is 6.92 Å². The van der Waals surface area contributed by atoms with Gasteiger partial charge in [0.25, 0.3) is 0 Å². The molecule has 0 unspecified atom stereocenters. The summed E-state index contributed by atoms with van der Waals surface area (Å²) in [4.78, 5) is 12.8. The summed E-state index contributed by atoms with van der Waals surface area (Å²) in [5, 5.41) is 10.3. The van der Waals surface area contributed by atoms with E-state index < -0.39 is 10.0 Å². The lowest BCUT2D eigenvalue weighted by atomic mass is 10.2. The molecule has 0 atom stereocenters. The number of nitrogens with one attached hydrogen (secondary N) is 3. The zero-order chi connectivity index (χ0) is 22.7. The summed E-state index contributed by atoms with van der Waals surface area (Å²) in [6.07, 6.45) is 2.52. The highest BCUT2D eigenvalue weighted by Gasteiger charge is 2.12. The molecule has 0 aliphatic carbocycles. The van der Waals surface area contributed by atoms with E-state index in [1.165, 1.54) is 6.20 Å². The number of nitrogens with zero attached hydrogens (tertiary/aromatic N) is 4. The van der Waals surface area contributed by atoms with Gasteiger partial charge in [-0.05, 0) is 24.3 Å². The lowest BCUT2D eigenvalue weighted by Crippen LogP contribution is -2.11. The highest BCUT2D eigenvalue weighted by Crippen LogP contribution is 2.30. The van der Waals surface area contributed by atoms with E-state index in [2.05, 4.69) is 35.5 Å². The molecule has 4 aromatic rings. The minimum Gasteiger partial charge on any atom is -0.339 e. The molecule has 0 saturated heterocycles. The monoisotopic (exact) mass is 471 g/mol. The number of para-hydroxylation sites is 2. The molecule has 0 amide bonds. The van der Waals surface area contributed by atoms with Crippen molar-refractivity contribution in [2.45, 2.75) is 6.92 Å². The minimum absolute atomic E-state index is 0.265. The Balaban J connectivity index is 1.58. The molecule has 12 heteroatoms. The van der Waals surface area contributed by atoms with Crippen LogP contribution >= 0.6 is 11.6 Å². The molecule has 2 aromatic heterocycles. The molecule has 3 N–H and O–H groups in total. The molecule has 2 heterocycles. The van der Waals surface area contributed by atoms with Gasteiger partial charge in [-0.2, -0.15) is 9.97 Å². The van der Waals surface area contributed by atoms with Gasteiger partial charge in [-0.3, -0.25) is 4.72 Å². The molecule has 164 valence electrons. The number of hydrogen-bond donors (Lipinski definition) is 3. The molecule has 0 aliphatic heterocycles. The Hall–Kier alpha value is -3.70. The van der Waals surface area contributed by atoms with Gasteiger partial charge in [0.1, 0.15) is 5.02 Å². The van der Waals surface area contributed by atoms with Crippen molar-refractivity contribution >= 4 is 50.5 Å². The molecule has 0 bridgehead atoms. The summed E-state index contributed by atoms with van der Waals surface area (Å²) in [7, 11) is -3.46. The summed E-state index contributed by atoms with van der Waals surface area (Å²) < 4.78 is 30.8. The van der Waals surface area contributed by atoms with E-state index in [9.17, 15) is 8.42 Å². The first-order valence-corrected chi connectivity index (χ1v) is 11.6. The van der Waals surface area contributed by atoms with Crippen LogP contribution in [0.5, 0.6) is 0 Å². The number of rotatable bonds is 7. The van der Waals surface area contributed by atoms with Crippen LogP contribution in [0.3, 0.4) is 0 Å². The zero-order valence-electron chi connectivity index (χ0n) is 17.0. The fraction of sp³-hybridized carbons (Fsp3) is 0.100. The molecular formula is C20H18ClN7O3S. The van der Waals surface area contributed by atoms with Crippen molar-refractivity contribution in [3.05, 3.63) is 65.6 Å². The summed E-state index contributed by atoms with van der Waals surface area (Å²) in [6.45, 7) is 1.72. The van der Waals surface area contributed by atoms with Crippen molar-refractivity contribution in [2.75, 3.05) is 21.6 Å². The third-order valence-electron chi connectivity index (χ3n) is 4.12. The van der Waals surface area contributed by atoms with Gasteiger partial charge in [-0.15, -0.1) is 0 Å². The van der Waals surface area contributed by atoms with E-state index in [1.807, 2.05) is 24.3 Å². The van der Waals surface area contributed by atoms with Crippen LogP contribution in [0.15, 0.2) is 59.3 Å². The van der Waals surface area contributed by atoms with Gasteiger partial charge < -0.3 is 15.2 Å². The van der Waals surface area contributed by atoms with Gasteiger partial charge in [0.2, 0.25) is 27.7 Å². The average Bonchev–Trinajstić information content (AvgIpc) is 3.17. The molecule has 2 aromatic carbocycles. The van der Waals surface area contributed by atoms with Crippen LogP contribution in [-0.2, 0) is 10.0 Å². The lowest BCUT2D eigenvalue weighted by molar-refractivity contribution is 0.394. The maximum Gasteiger partial charge on any atom is 0.229 e. The molecule has 0 saturated carbocycles. The van der Waals surface area contributed by atoms with Crippen molar-refractivity contribution in [1.82, 2.24) is 20.1 Å². The predicted octanol–water partition coefficient (Wildman–Crippen LogP) is 4.35. The van der Waals surface area contributed by atoms with Crippen LogP contribution in [0.1, 0.15) is 5.89 Å². The Morgan fingerprint density at radius 1 is 1.00 bits per heavy atom. The van der Waals surface area contributed by atoms with Gasteiger partial charge >= 0.3 is 0 Å². The van der Waals surface area contributed by atoms with Crippen LogP contribution in [0.2, 0.25) is 5.02 Å². The number of halogens is 1. The van der Waals surface area contributed by atoms with E-state index in [0.717, 1.165) is 11.8 Å². The molecule has 0 aliphatic rings. The fourth-order valence-electron chi connectivity index (χ4n) is 2.81. The Labute approximate surface area is 189 Å². The van der Waals surface area contributed by atoms with E-state index in [1.54, 1.807) is 31.2 Å². The predicted molar refractivity (Wildman–Crippen MR) is 123 cm³/mol. The van der Waals surface area contributed by atoms with Gasteiger partial charge in [-0.25, -0.2) is 13.4 Å². The smallest absolute Gasteiger partial charge is 0.229 e. The molecule has 32 heavy (non-hydrogen) atoms. The second-order valence-corrected chi connectivity index (χ2v) is 8.93. The van der Waals surface area contributed by atoms with Crippen molar-refractivity contribution in [3.63, 3.8) is 0 Å². The number of hydrogen-bond acceptors (Lipinski definition) is 9. The highest BCUT2D eigenvalue weighted by atomic mass is 35.5. The van der Waals surface area contributed by atoms with E-state index in [4.69, 9.17) is 16.1 Å². The second kappa shape index (κ2) is 8.81.